The van der Waals surface area contributed by atoms with E-state index >= 15 is 0 Å². The molecule has 6 heteroatoms. The second-order valence-electron chi connectivity index (χ2n) is 3.77. The fraction of sp³-hybridized carbons (Fsp3) is 0.0833. The fourth-order valence-electron chi connectivity index (χ4n) is 1.67. The molecular formula is C12H10ClN5. The zero-order valence-corrected chi connectivity index (χ0v) is 10.1. The number of imidazole rings is 1. The summed E-state index contributed by atoms with van der Waals surface area (Å²) in [6, 6.07) is 7.33. The van der Waals surface area contributed by atoms with E-state index in [-0.39, 0.29) is 0 Å². The van der Waals surface area contributed by atoms with Gasteiger partial charge in [0.25, 0.3) is 0 Å². The third-order valence-corrected chi connectivity index (χ3v) is 2.71. The Morgan fingerprint density at radius 2 is 2.06 bits per heavy atom. The number of anilines is 1. The summed E-state index contributed by atoms with van der Waals surface area (Å²) in [6.45, 7) is 0.538. The lowest BCUT2D eigenvalue weighted by atomic mass is 10.3. The van der Waals surface area contributed by atoms with E-state index in [1.54, 1.807) is 18.5 Å². The van der Waals surface area contributed by atoms with E-state index in [2.05, 4.69) is 25.3 Å². The Kier molecular flexibility index (Phi) is 2.82. The summed E-state index contributed by atoms with van der Waals surface area (Å²) in [6.07, 6.45) is 3.38. The number of rotatable bonds is 3. The lowest BCUT2D eigenvalue weighted by Crippen LogP contribution is -2.04. The first-order valence-electron chi connectivity index (χ1n) is 5.46. The van der Waals surface area contributed by atoms with Gasteiger partial charge in [-0.3, -0.25) is 0 Å². The van der Waals surface area contributed by atoms with Crippen LogP contribution >= 0.6 is 11.6 Å². The van der Waals surface area contributed by atoms with Crippen molar-refractivity contribution < 1.29 is 0 Å². The van der Waals surface area contributed by atoms with Gasteiger partial charge in [0.1, 0.15) is 5.82 Å². The summed E-state index contributed by atoms with van der Waals surface area (Å²) in [5.41, 5.74) is 1.82. The van der Waals surface area contributed by atoms with Gasteiger partial charge in [0.2, 0.25) is 5.95 Å². The largest absolute Gasteiger partial charge is 0.347 e. The van der Waals surface area contributed by atoms with Crippen LogP contribution in [0.1, 0.15) is 5.82 Å². The van der Waals surface area contributed by atoms with Gasteiger partial charge in [-0.05, 0) is 24.3 Å². The highest BCUT2D eigenvalue weighted by molar-refractivity contribution is 6.31. The average Bonchev–Trinajstić information content (AvgIpc) is 2.79. The second kappa shape index (κ2) is 4.62. The van der Waals surface area contributed by atoms with Crippen LogP contribution in [0.2, 0.25) is 5.02 Å². The monoisotopic (exact) mass is 259 g/mol. The topological polar surface area (TPSA) is 66.5 Å². The third-order valence-electron chi connectivity index (χ3n) is 2.47. The summed E-state index contributed by atoms with van der Waals surface area (Å²) >= 11 is 5.92. The number of aromatic nitrogens is 4. The van der Waals surface area contributed by atoms with Crippen molar-refractivity contribution in [2.75, 3.05) is 5.32 Å². The number of H-pyrrole nitrogens is 1. The van der Waals surface area contributed by atoms with E-state index in [1.807, 2.05) is 18.2 Å². The Hall–Kier alpha value is -2.14. The summed E-state index contributed by atoms with van der Waals surface area (Å²) in [5, 5.41) is 3.78. The first-order chi connectivity index (χ1) is 8.81. The molecule has 2 N–H and O–H groups in total. The van der Waals surface area contributed by atoms with E-state index in [0.717, 1.165) is 16.9 Å². The molecule has 5 nitrogen and oxygen atoms in total. The van der Waals surface area contributed by atoms with E-state index in [0.29, 0.717) is 17.5 Å². The Labute approximate surface area is 108 Å². The number of hydrogen-bond acceptors (Lipinski definition) is 4. The number of nitrogens with one attached hydrogen (secondary N) is 2. The SMILES string of the molecule is Clc1ccc2nc(CNc3ncccn3)[nH]c2c1. The Morgan fingerprint density at radius 1 is 1.22 bits per heavy atom. The third kappa shape index (κ3) is 2.26. The fourth-order valence-corrected chi connectivity index (χ4v) is 1.84. The number of benzene rings is 1. The quantitative estimate of drug-likeness (QED) is 0.759. The minimum atomic E-state index is 0.538. The van der Waals surface area contributed by atoms with Gasteiger partial charge in [-0.25, -0.2) is 15.0 Å². The highest BCUT2D eigenvalue weighted by Gasteiger charge is 2.03. The van der Waals surface area contributed by atoms with Crippen molar-refractivity contribution >= 4 is 28.6 Å². The molecule has 2 aromatic heterocycles. The molecule has 0 aliphatic carbocycles. The van der Waals surface area contributed by atoms with Gasteiger partial charge in [0, 0.05) is 17.4 Å². The van der Waals surface area contributed by atoms with Crippen LogP contribution in [-0.2, 0) is 6.54 Å². The van der Waals surface area contributed by atoms with Crippen LogP contribution in [0.5, 0.6) is 0 Å². The lowest BCUT2D eigenvalue weighted by Gasteiger charge is -2.00. The zero-order valence-electron chi connectivity index (χ0n) is 9.39. The maximum atomic E-state index is 5.92. The van der Waals surface area contributed by atoms with E-state index in [1.165, 1.54) is 0 Å². The van der Waals surface area contributed by atoms with Crippen molar-refractivity contribution in [3.05, 3.63) is 47.5 Å². The van der Waals surface area contributed by atoms with Gasteiger partial charge in [0.05, 0.1) is 17.6 Å². The molecule has 18 heavy (non-hydrogen) atoms. The van der Waals surface area contributed by atoms with Crippen molar-refractivity contribution in [1.29, 1.82) is 0 Å². The summed E-state index contributed by atoms with van der Waals surface area (Å²) < 4.78 is 0. The molecule has 0 radical (unpaired) electrons. The molecule has 0 atom stereocenters. The van der Waals surface area contributed by atoms with E-state index in [9.17, 15) is 0 Å². The van der Waals surface area contributed by atoms with E-state index in [4.69, 9.17) is 11.6 Å². The number of fused-ring (bicyclic) bond motifs is 1. The van der Waals surface area contributed by atoms with Gasteiger partial charge in [0.15, 0.2) is 0 Å². The molecule has 0 saturated carbocycles. The minimum Gasteiger partial charge on any atom is -0.347 e. The van der Waals surface area contributed by atoms with Gasteiger partial charge in [-0.1, -0.05) is 11.6 Å². The van der Waals surface area contributed by atoms with Crippen molar-refractivity contribution in [3.8, 4) is 0 Å². The van der Waals surface area contributed by atoms with Crippen molar-refractivity contribution in [1.82, 2.24) is 19.9 Å². The summed E-state index contributed by atoms with van der Waals surface area (Å²) in [7, 11) is 0. The molecule has 2 heterocycles. The molecule has 3 aromatic rings. The first-order valence-corrected chi connectivity index (χ1v) is 5.84. The predicted octanol–water partition coefficient (Wildman–Crippen LogP) is 2.62. The molecule has 0 spiro atoms. The van der Waals surface area contributed by atoms with Gasteiger partial charge in [-0.15, -0.1) is 0 Å². The Morgan fingerprint density at radius 3 is 2.89 bits per heavy atom. The van der Waals surface area contributed by atoms with Crippen LogP contribution in [0.3, 0.4) is 0 Å². The maximum Gasteiger partial charge on any atom is 0.222 e. The van der Waals surface area contributed by atoms with E-state index < -0.39 is 0 Å². The molecule has 90 valence electrons. The first kappa shape index (κ1) is 11.0. The van der Waals surface area contributed by atoms with Gasteiger partial charge >= 0.3 is 0 Å². The van der Waals surface area contributed by atoms with Crippen LogP contribution in [0.4, 0.5) is 5.95 Å². The van der Waals surface area contributed by atoms with Crippen LogP contribution in [0.15, 0.2) is 36.7 Å². The molecule has 0 fully saturated rings. The van der Waals surface area contributed by atoms with Crippen molar-refractivity contribution in [3.63, 3.8) is 0 Å². The van der Waals surface area contributed by atoms with Crippen LogP contribution in [0.25, 0.3) is 11.0 Å². The second-order valence-corrected chi connectivity index (χ2v) is 4.21. The normalized spacial score (nSPS) is 10.7. The Balaban J connectivity index is 1.79. The van der Waals surface area contributed by atoms with Crippen LogP contribution in [-0.4, -0.2) is 19.9 Å². The van der Waals surface area contributed by atoms with Gasteiger partial charge < -0.3 is 10.3 Å². The molecular weight excluding hydrogens is 250 g/mol. The predicted molar refractivity (Wildman–Crippen MR) is 70.5 cm³/mol. The zero-order chi connectivity index (χ0) is 12.4. The summed E-state index contributed by atoms with van der Waals surface area (Å²) in [5.74, 6) is 1.40. The number of hydrogen-bond donors (Lipinski definition) is 2. The standard InChI is InChI=1S/C12H10ClN5/c13-8-2-3-9-10(6-8)18-11(17-9)7-16-12-14-4-1-5-15-12/h1-6H,7H2,(H,17,18)(H,14,15,16). The highest BCUT2D eigenvalue weighted by Crippen LogP contribution is 2.17. The van der Waals surface area contributed by atoms with Crippen molar-refractivity contribution in [2.45, 2.75) is 6.54 Å². The molecule has 0 aliphatic heterocycles. The van der Waals surface area contributed by atoms with Gasteiger partial charge in [-0.2, -0.15) is 0 Å². The molecule has 1 aromatic carbocycles. The molecule has 3 rings (SSSR count). The number of aromatic amines is 1. The lowest BCUT2D eigenvalue weighted by molar-refractivity contribution is 0.976. The van der Waals surface area contributed by atoms with Crippen molar-refractivity contribution in [2.24, 2.45) is 0 Å². The molecule has 0 unspecified atom stereocenters. The summed E-state index contributed by atoms with van der Waals surface area (Å²) in [4.78, 5) is 15.8. The Bertz CT molecular complexity index is 665. The maximum absolute atomic E-state index is 5.92. The molecule has 0 amide bonds. The highest BCUT2D eigenvalue weighted by atomic mass is 35.5. The average molecular weight is 260 g/mol. The molecule has 0 bridgehead atoms. The van der Waals surface area contributed by atoms with Crippen LogP contribution in [0, 0.1) is 0 Å². The molecule has 0 aliphatic rings. The number of halogens is 1. The minimum absolute atomic E-state index is 0.538. The smallest absolute Gasteiger partial charge is 0.222 e. The number of nitrogens with zero attached hydrogens (tertiary/aromatic N) is 3. The van der Waals surface area contributed by atoms with Crippen LogP contribution < -0.4 is 5.32 Å². The molecule has 0 saturated heterocycles.